The Morgan fingerprint density at radius 2 is 0.477 bits per heavy atom. The van der Waals surface area contributed by atoms with E-state index in [1.54, 1.807) is 56.5 Å². The third-order valence-corrected chi connectivity index (χ3v) is 21.6. The molecule has 20 aromatic rings. The predicted molar refractivity (Wildman–Crippen MR) is 474 cm³/mol. The molecule has 634 valence electrons. The van der Waals surface area contributed by atoms with Crippen molar-refractivity contribution in [3.8, 4) is 69.1 Å². The lowest BCUT2D eigenvalue weighted by molar-refractivity contribution is 0.284. The number of hydrogen-bond acceptors (Lipinski definition) is 26. The van der Waals surface area contributed by atoms with Gasteiger partial charge in [0, 0.05) is 67.1 Å². The first kappa shape index (κ1) is 79.7. The molecule has 0 radical (unpaired) electrons. The molecule has 0 aliphatic rings. The van der Waals surface area contributed by atoms with E-state index >= 15 is 0 Å². The monoisotopic (exact) mass is 1700 g/mol. The van der Waals surface area contributed by atoms with Crippen molar-refractivity contribution in [2.45, 2.75) is 78.9 Å². The van der Waals surface area contributed by atoms with Crippen LogP contribution in [0.5, 0.6) is 58.0 Å². The molecule has 0 fully saturated rings. The summed E-state index contributed by atoms with van der Waals surface area (Å²) >= 11 is 0. The van der Waals surface area contributed by atoms with Crippen LogP contribution in [-0.4, -0.2) is 138 Å². The standard InChI is InChI=1S/C96H80N22O10/c1-119-93-69(37-65-19-7-13-25-85(65)97-93)45-115-51-73(101-109-115)55-123-79-33-61(34-80(41-79)124-56-74-52-116(110-102-74)46-70-38-66-20-8-14-26-86(66)98-94(70)120-2)43-113-49-77(105-107-113)59-127-89-31-29-63-17-5-11-23-83(63)91(89)92-84-24-12-6-18-64(84)30-32-90(92)128-60-78-50-114(108-106-78)44-62-35-81(125-57-75-53-117(111-103-75)47-71-39-67-21-9-15-27-87(67)99-95(71)121-3)42-82(36-62)126-58-76-54-118(112-104-76)48-72-40-68-22-10-16-28-88(68)100-96(72)122-4/h5-42,49-54H,43-48,55-60H2,1-4H3. The van der Waals surface area contributed by atoms with Gasteiger partial charge in [-0.25, -0.2) is 48.0 Å². The minimum atomic E-state index is 0.0702. The second-order valence-corrected chi connectivity index (χ2v) is 30.5. The van der Waals surface area contributed by atoms with Crippen molar-refractivity contribution in [1.82, 2.24) is 110 Å². The van der Waals surface area contributed by atoms with Crippen LogP contribution in [-0.2, 0) is 78.9 Å². The number of benzene rings is 10. The topological polar surface area (TPSA) is 328 Å². The van der Waals surface area contributed by atoms with Gasteiger partial charge in [0.1, 0.15) is 108 Å². The maximum Gasteiger partial charge on any atom is 0.218 e. The Balaban J connectivity index is 0.534. The van der Waals surface area contributed by atoms with Crippen molar-refractivity contribution < 1.29 is 47.4 Å². The minimum Gasteiger partial charge on any atom is -0.487 e. The Kier molecular flexibility index (Phi) is 22.4. The highest BCUT2D eigenvalue weighted by molar-refractivity contribution is 6.10. The molecular formula is C96H80N22O10. The highest BCUT2D eigenvalue weighted by Gasteiger charge is 2.24. The van der Waals surface area contributed by atoms with Crippen LogP contribution in [0, 0.1) is 0 Å². The molecule has 10 heterocycles. The molecule has 10 aromatic carbocycles. The molecule has 128 heavy (non-hydrogen) atoms. The zero-order valence-corrected chi connectivity index (χ0v) is 69.8. The lowest BCUT2D eigenvalue weighted by Crippen LogP contribution is -2.04. The van der Waals surface area contributed by atoms with Gasteiger partial charge in [-0.2, -0.15) is 0 Å². The molecule has 20 rings (SSSR count). The Labute approximate surface area is 730 Å². The Morgan fingerprint density at radius 3 is 0.750 bits per heavy atom. The lowest BCUT2D eigenvalue weighted by Gasteiger charge is -2.19. The first-order valence-electron chi connectivity index (χ1n) is 41.2. The number of rotatable bonds is 35. The fourth-order valence-electron chi connectivity index (χ4n) is 15.7. The molecule has 32 nitrogen and oxygen atoms in total. The fourth-order valence-corrected chi connectivity index (χ4v) is 15.7. The van der Waals surface area contributed by atoms with E-state index in [2.05, 4.69) is 123 Å². The number of pyridine rings is 4. The van der Waals surface area contributed by atoms with Crippen molar-refractivity contribution in [2.24, 2.45) is 0 Å². The zero-order chi connectivity index (χ0) is 86.2. The van der Waals surface area contributed by atoms with Gasteiger partial charge in [-0.3, -0.25) is 0 Å². The van der Waals surface area contributed by atoms with Crippen LogP contribution in [0.3, 0.4) is 0 Å². The van der Waals surface area contributed by atoms with Crippen LogP contribution in [0.15, 0.2) is 268 Å². The van der Waals surface area contributed by atoms with Crippen molar-refractivity contribution in [1.29, 1.82) is 0 Å². The largest absolute Gasteiger partial charge is 0.487 e. The average Bonchev–Trinajstić information content (AvgIpc) is 0.834. The molecule has 0 unspecified atom stereocenters. The zero-order valence-electron chi connectivity index (χ0n) is 69.8. The normalized spacial score (nSPS) is 11.5. The van der Waals surface area contributed by atoms with Gasteiger partial charge in [0.05, 0.1) is 127 Å². The van der Waals surface area contributed by atoms with Crippen molar-refractivity contribution in [3.05, 3.63) is 335 Å². The first-order valence-corrected chi connectivity index (χ1v) is 41.2. The summed E-state index contributed by atoms with van der Waals surface area (Å²) in [6.07, 6.45) is 11.1. The summed E-state index contributed by atoms with van der Waals surface area (Å²) in [5, 5.41) is 62.1. The van der Waals surface area contributed by atoms with E-state index in [1.807, 2.05) is 207 Å². The van der Waals surface area contributed by atoms with Gasteiger partial charge in [0.2, 0.25) is 23.5 Å². The third kappa shape index (κ3) is 17.9. The Morgan fingerprint density at radius 1 is 0.234 bits per heavy atom. The molecule has 32 heteroatoms. The van der Waals surface area contributed by atoms with Gasteiger partial charge in [-0.15, -0.1) is 30.6 Å². The van der Waals surface area contributed by atoms with Crippen LogP contribution < -0.4 is 47.4 Å². The molecule has 10 aromatic heterocycles. The quantitative estimate of drug-likeness (QED) is 0.0356. The molecule has 0 aliphatic heterocycles. The third-order valence-electron chi connectivity index (χ3n) is 21.6. The summed E-state index contributed by atoms with van der Waals surface area (Å²) in [7, 11) is 6.44. The van der Waals surface area contributed by atoms with Gasteiger partial charge in [0.15, 0.2) is 0 Å². The maximum absolute atomic E-state index is 6.93. The fraction of sp³-hybridized carbons (Fsp3) is 0.167. The van der Waals surface area contributed by atoms with Crippen LogP contribution in [0.25, 0.3) is 76.3 Å². The van der Waals surface area contributed by atoms with Crippen molar-refractivity contribution in [3.63, 3.8) is 0 Å². The van der Waals surface area contributed by atoms with E-state index in [9.17, 15) is 0 Å². The molecule has 0 N–H and O–H groups in total. The average molecular weight is 1700 g/mol. The van der Waals surface area contributed by atoms with Crippen LogP contribution in [0.2, 0.25) is 0 Å². The second kappa shape index (κ2) is 35.9. The van der Waals surface area contributed by atoms with E-state index in [0.717, 1.165) is 110 Å². The van der Waals surface area contributed by atoms with Crippen molar-refractivity contribution in [2.75, 3.05) is 28.4 Å². The van der Waals surface area contributed by atoms with E-state index in [4.69, 9.17) is 67.3 Å². The molecule has 0 spiro atoms. The summed E-state index contributed by atoms with van der Waals surface area (Å²) in [4.78, 5) is 18.9. The van der Waals surface area contributed by atoms with E-state index in [0.29, 0.717) is 118 Å². The van der Waals surface area contributed by atoms with Crippen molar-refractivity contribution >= 4 is 65.2 Å². The summed E-state index contributed by atoms with van der Waals surface area (Å²) < 4.78 is 73.1. The summed E-state index contributed by atoms with van der Waals surface area (Å²) in [6, 6.07) is 75.8. The molecule has 0 atom stereocenters. The first-order chi connectivity index (χ1) is 63.0. The van der Waals surface area contributed by atoms with E-state index in [1.165, 1.54) is 0 Å². The van der Waals surface area contributed by atoms with Crippen LogP contribution in [0.1, 0.15) is 67.5 Å². The van der Waals surface area contributed by atoms with Gasteiger partial charge in [-0.1, -0.05) is 165 Å². The number of para-hydroxylation sites is 4. The molecular weight excluding hydrogens is 1620 g/mol. The van der Waals surface area contributed by atoms with Gasteiger partial charge in [-0.05, 0) is 118 Å². The number of nitrogens with zero attached hydrogens (tertiary/aromatic N) is 22. The summed E-state index contributed by atoms with van der Waals surface area (Å²) in [6.45, 7) is 2.62. The van der Waals surface area contributed by atoms with E-state index in [-0.39, 0.29) is 52.7 Å². The Hall–Kier alpha value is -16.8. The van der Waals surface area contributed by atoms with E-state index < -0.39 is 0 Å². The second-order valence-electron chi connectivity index (χ2n) is 30.5. The SMILES string of the molecule is COc1nc2ccccc2cc1Cn1cc(COc2cc(Cn3cc(COc4ccc5ccccc5c4-c4c(OCc5cn(Cc6cc(OCc7cn(Cc8cc9ccccc9nc8OC)nn7)cc(OCc7cn(Cc8cc9ccccc9nc8OC)nn7)c6)nn5)ccc5ccccc45)nn3)cc(OCc3cn(Cc4cc5ccccc5nc4OC)nn3)c2)nn1. The predicted octanol–water partition coefficient (Wildman–Crippen LogP) is 15.2. The molecule has 0 bridgehead atoms. The number of hydrogen-bond donors (Lipinski definition) is 0. The summed E-state index contributed by atoms with van der Waals surface area (Å²) in [5.74, 6) is 5.33. The molecule has 0 saturated heterocycles. The number of aromatic nitrogens is 22. The summed E-state index contributed by atoms with van der Waals surface area (Å²) in [5.41, 5.74) is 13.6. The minimum absolute atomic E-state index is 0.0702. The van der Waals surface area contributed by atoms with Crippen LogP contribution in [0.4, 0.5) is 0 Å². The molecule has 0 amide bonds. The number of fused-ring (bicyclic) bond motifs is 6. The van der Waals surface area contributed by atoms with Gasteiger partial charge < -0.3 is 47.4 Å². The lowest BCUT2D eigenvalue weighted by atomic mass is 9.92. The highest BCUT2D eigenvalue weighted by atomic mass is 16.5. The van der Waals surface area contributed by atoms with Crippen LogP contribution >= 0.6 is 0 Å². The number of methoxy groups -OCH3 is 4. The number of ether oxygens (including phenoxy) is 10. The van der Waals surface area contributed by atoms with Gasteiger partial charge >= 0.3 is 0 Å². The maximum atomic E-state index is 6.93. The Bertz CT molecular complexity index is 6720. The van der Waals surface area contributed by atoms with Gasteiger partial charge in [0.25, 0.3) is 0 Å². The molecule has 0 saturated carbocycles. The molecule has 0 aliphatic carbocycles. The highest BCUT2D eigenvalue weighted by Crippen LogP contribution is 2.46. The smallest absolute Gasteiger partial charge is 0.218 e.